The van der Waals surface area contributed by atoms with Crippen LogP contribution >= 0.6 is 12.4 Å². The summed E-state index contributed by atoms with van der Waals surface area (Å²) in [7, 11) is 0. The zero-order chi connectivity index (χ0) is 15.2. The molecule has 8 heteroatoms. The maximum Gasteiger partial charge on any atom is 0.272 e. The second kappa shape index (κ2) is 8.67. The van der Waals surface area contributed by atoms with Crippen LogP contribution in [0.3, 0.4) is 0 Å². The van der Waals surface area contributed by atoms with E-state index in [9.17, 15) is 14.9 Å². The summed E-state index contributed by atoms with van der Waals surface area (Å²) in [6.07, 6.45) is 0.186. The number of amides is 1. The van der Waals surface area contributed by atoms with Crippen molar-refractivity contribution in [2.24, 2.45) is 0 Å². The number of halogens is 1. The van der Waals surface area contributed by atoms with Gasteiger partial charge >= 0.3 is 0 Å². The number of morpholine rings is 1. The Hall–Kier alpha value is -1.70. The fourth-order valence-electron chi connectivity index (χ4n) is 2.28. The van der Waals surface area contributed by atoms with E-state index in [1.54, 1.807) is 19.1 Å². The summed E-state index contributed by atoms with van der Waals surface area (Å²) in [6, 6.07) is 4.87. The Morgan fingerprint density at radius 3 is 2.95 bits per heavy atom. The van der Waals surface area contributed by atoms with Gasteiger partial charge in [0.1, 0.15) is 0 Å². The molecule has 2 N–H and O–H groups in total. The summed E-state index contributed by atoms with van der Waals surface area (Å²) in [4.78, 5) is 22.3. The number of nitrogens with one attached hydrogen (secondary N) is 2. The average Bonchev–Trinajstić information content (AvgIpc) is 2.47. The number of nitro groups is 1. The Morgan fingerprint density at radius 1 is 1.55 bits per heavy atom. The average molecular weight is 330 g/mol. The standard InChI is InChI=1S/C14H19N3O4.ClH/c1-10-11(3-2-4-13(10)17(19)20)8-16-14(18)7-12-9-15-5-6-21-12;/h2-4,12,15H,5-9H2,1H3,(H,16,18);1H. The molecule has 7 nitrogen and oxygen atoms in total. The number of hydrogen-bond donors (Lipinski definition) is 2. The molecule has 22 heavy (non-hydrogen) atoms. The molecule has 0 aliphatic carbocycles. The summed E-state index contributed by atoms with van der Waals surface area (Å²) < 4.78 is 5.46. The third kappa shape index (κ3) is 4.94. The molecular formula is C14H20ClN3O4. The molecule has 1 aromatic rings. The molecule has 0 bridgehead atoms. The van der Waals surface area contributed by atoms with Crippen molar-refractivity contribution in [1.82, 2.24) is 10.6 Å². The number of nitro benzene ring substituents is 1. The topological polar surface area (TPSA) is 93.5 Å². The van der Waals surface area contributed by atoms with Gasteiger partial charge in [-0.05, 0) is 12.5 Å². The fourth-order valence-corrected chi connectivity index (χ4v) is 2.28. The minimum absolute atomic E-state index is 0. The highest BCUT2D eigenvalue weighted by Gasteiger charge is 2.18. The van der Waals surface area contributed by atoms with Gasteiger partial charge in [0, 0.05) is 31.3 Å². The van der Waals surface area contributed by atoms with E-state index in [1.165, 1.54) is 6.07 Å². The van der Waals surface area contributed by atoms with Crippen LogP contribution < -0.4 is 10.6 Å². The summed E-state index contributed by atoms with van der Waals surface area (Å²) in [5.41, 5.74) is 1.40. The molecule has 1 unspecified atom stereocenters. The van der Waals surface area contributed by atoms with Crippen LogP contribution in [0.5, 0.6) is 0 Å². The first-order valence-corrected chi connectivity index (χ1v) is 6.90. The van der Waals surface area contributed by atoms with Crippen LogP contribution in [-0.2, 0) is 16.1 Å². The van der Waals surface area contributed by atoms with Gasteiger partial charge in [0.15, 0.2) is 0 Å². The molecule has 0 radical (unpaired) electrons. The van der Waals surface area contributed by atoms with Gasteiger partial charge in [-0.1, -0.05) is 12.1 Å². The Morgan fingerprint density at radius 2 is 2.32 bits per heavy atom. The molecule has 0 saturated carbocycles. The molecule has 1 aromatic carbocycles. The predicted octanol–water partition coefficient (Wildman–Crippen LogP) is 1.32. The van der Waals surface area contributed by atoms with E-state index in [2.05, 4.69) is 10.6 Å². The lowest BCUT2D eigenvalue weighted by Gasteiger charge is -2.23. The minimum Gasteiger partial charge on any atom is -0.375 e. The highest BCUT2D eigenvalue weighted by atomic mass is 35.5. The van der Waals surface area contributed by atoms with Crippen LogP contribution in [-0.4, -0.2) is 36.6 Å². The summed E-state index contributed by atoms with van der Waals surface area (Å²) in [5.74, 6) is -0.116. The molecule has 1 fully saturated rings. The van der Waals surface area contributed by atoms with Crippen molar-refractivity contribution in [2.75, 3.05) is 19.7 Å². The number of carbonyl (C=O) groups excluding carboxylic acids is 1. The number of carbonyl (C=O) groups is 1. The number of hydrogen-bond acceptors (Lipinski definition) is 5. The minimum atomic E-state index is -0.414. The lowest BCUT2D eigenvalue weighted by atomic mass is 10.1. The fraction of sp³-hybridized carbons (Fsp3) is 0.500. The lowest BCUT2D eigenvalue weighted by Crippen LogP contribution is -2.41. The highest BCUT2D eigenvalue weighted by molar-refractivity contribution is 5.85. The van der Waals surface area contributed by atoms with E-state index in [4.69, 9.17) is 4.74 Å². The predicted molar refractivity (Wildman–Crippen MR) is 84.2 cm³/mol. The van der Waals surface area contributed by atoms with E-state index in [1.807, 2.05) is 0 Å². The first kappa shape index (κ1) is 18.3. The number of rotatable bonds is 5. The molecule has 2 rings (SSSR count). The third-order valence-electron chi connectivity index (χ3n) is 3.51. The van der Waals surface area contributed by atoms with E-state index in [0.717, 1.165) is 12.1 Å². The van der Waals surface area contributed by atoms with E-state index < -0.39 is 4.92 Å². The monoisotopic (exact) mass is 329 g/mol. The SMILES string of the molecule is Cc1c(CNC(=O)CC2CNCCO2)cccc1[N+](=O)[O-].Cl. The maximum atomic E-state index is 11.9. The second-order valence-corrected chi connectivity index (χ2v) is 5.00. The van der Waals surface area contributed by atoms with Crippen molar-refractivity contribution in [2.45, 2.75) is 26.0 Å². The van der Waals surface area contributed by atoms with Crippen molar-refractivity contribution in [3.8, 4) is 0 Å². The quantitative estimate of drug-likeness (QED) is 0.627. The summed E-state index contributed by atoms with van der Waals surface area (Å²) in [5, 5.41) is 16.8. The summed E-state index contributed by atoms with van der Waals surface area (Å²) >= 11 is 0. The van der Waals surface area contributed by atoms with Crippen molar-refractivity contribution < 1.29 is 14.5 Å². The zero-order valence-corrected chi connectivity index (χ0v) is 13.1. The molecule has 1 saturated heterocycles. The van der Waals surface area contributed by atoms with Gasteiger partial charge in [-0.25, -0.2) is 0 Å². The number of ether oxygens (including phenoxy) is 1. The van der Waals surface area contributed by atoms with Crippen LogP contribution in [0.25, 0.3) is 0 Å². The zero-order valence-electron chi connectivity index (χ0n) is 12.3. The van der Waals surface area contributed by atoms with Gasteiger partial charge in [0.05, 0.1) is 24.1 Å². The van der Waals surface area contributed by atoms with Gasteiger partial charge in [0.2, 0.25) is 5.91 Å². The Kier molecular flexibility index (Phi) is 7.23. The lowest BCUT2D eigenvalue weighted by molar-refractivity contribution is -0.385. The van der Waals surface area contributed by atoms with Crippen LogP contribution in [0.4, 0.5) is 5.69 Å². The van der Waals surface area contributed by atoms with Crippen LogP contribution in [0.15, 0.2) is 18.2 Å². The molecule has 1 aliphatic heterocycles. The largest absolute Gasteiger partial charge is 0.375 e. The second-order valence-electron chi connectivity index (χ2n) is 5.00. The Bertz CT molecular complexity index is 533. The molecule has 0 aromatic heterocycles. The van der Waals surface area contributed by atoms with E-state index >= 15 is 0 Å². The Balaban J connectivity index is 0.00000242. The van der Waals surface area contributed by atoms with Crippen LogP contribution in [0.1, 0.15) is 17.5 Å². The maximum absolute atomic E-state index is 11.9. The van der Waals surface area contributed by atoms with Gasteiger partial charge in [-0.3, -0.25) is 14.9 Å². The number of nitrogens with zero attached hydrogens (tertiary/aromatic N) is 1. The van der Waals surface area contributed by atoms with Gasteiger partial charge in [-0.15, -0.1) is 12.4 Å². The molecule has 122 valence electrons. The molecule has 0 spiro atoms. The highest BCUT2D eigenvalue weighted by Crippen LogP contribution is 2.20. The number of benzene rings is 1. The molecular weight excluding hydrogens is 310 g/mol. The first-order chi connectivity index (χ1) is 10.1. The van der Waals surface area contributed by atoms with Crippen molar-refractivity contribution in [1.29, 1.82) is 0 Å². The van der Waals surface area contributed by atoms with E-state index in [0.29, 0.717) is 25.1 Å². The third-order valence-corrected chi connectivity index (χ3v) is 3.51. The van der Waals surface area contributed by atoms with Crippen molar-refractivity contribution >= 4 is 24.0 Å². The van der Waals surface area contributed by atoms with Crippen molar-refractivity contribution in [3.05, 3.63) is 39.4 Å². The smallest absolute Gasteiger partial charge is 0.272 e. The van der Waals surface area contributed by atoms with Gasteiger partial charge in [0.25, 0.3) is 5.69 Å². The van der Waals surface area contributed by atoms with Gasteiger partial charge in [-0.2, -0.15) is 0 Å². The molecule has 1 amide bonds. The Labute approximate surface area is 135 Å². The van der Waals surface area contributed by atoms with Crippen LogP contribution in [0.2, 0.25) is 0 Å². The first-order valence-electron chi connectivity index (χ1n) is 6.90. The van der Waals surface area contributed by atoms with Gasteiger partial charge < -0.3 is 15.4 Å². The van der Waals surface area contributed by atoms with Crippen molar-refractivity contribution in [3.63, 3.8) is 0 Å². The molecule has 1 aliphatic rings. The summed E-state index contributed by atoms with van der Waals surface area (Å²) in [6.45, 7) is 4.07. The van der Waals surface area contributed by atoms with Crippen LogP contribution in [0, 0.1) is 17.0 Å². The molecule has 1 heterocycles. The molecule has 1 atom stereocenters. The normalized spacial score (nSPS) is 17.4. The van der Waals surface area contributed by atoms with E-state index in [-0.39, 0.29) is 36.7 Å².